The fourth-order valence-electron chi connectivity index (χ4n) is 2.21. The normalized spacial score (nSPS) is 18.6. The van der Waals surface area contributed by atoms with E-state index >= 15 is 0 Å². The molecule has 8 nitrogen and oxygen atoms in total. The van der Waals surface area contributed by atoms with Crippen molar-refractivity contribution in [1.29, 1.82) is 0 Å². The Bertz CT molecular complexity index is 514. The van der Waals surface area contributed by atoms with E-state index in [0.717, 1.165) is 0 Å². The Balaban J connectivity index is 2.39. The lowest BCUT2D eigenvalue weighted by Crippen LogP contribution is -2.31. The third-order valence-corrected chi connectivity index (χ3v) is 3.03. The van der Waals surface area contributed by atoms with Gasteiger partial charge in [-0.2, -0.15) is 5.10 Å². The Morgan fingerprint density at radius 2 is 2.40 bits per heavy atom. The molecule has 1 atom stereocenters. The number of carbonyl (C=O) groups excluding carboxylic acids is 2. The number of anilines is 1. The van der Waals surface area contributed by atoms with Gasteiger partial charge in [-0.15, -0.1) is 0 Å². The molecule has 3 N–H and O–H groups in total. The minimum atomic E-state index is -0.542. The van der Waals surface area contributed by atoms with E-state index in [9.17, 15) is 9.59 Å². The molecule has 1 saturated heterocycles. The van der Waals surface area contributed by atoms with Crippen LogP contribution >= 0.6 is 0 Å². The van der Waals surface area contributed by atoms with Crippen molar-refractivity contribution < 1.29 is 19.4 Å². The summed E-state index contributed by atoms with van der Waals surface area (Å²) in [5, 5.41) is 13.1. The number of rotatable bonds is 5. The van der Waals surface area contributed by atoms with Crippen LogP contribution in [0.1, 0.15) is 23.7 Å². The van der Waals surface area contributed by atoms with Crippen molar-refractivity contribution in [3.05, 3.63) is 11.8 Å². The lowest BCUT2D eigenvalue weighted by atomic mass is 10.3. The Labute approximate surface area is 116 Å². The zero-order chi connectivity index (χ0) is 14.7. The lowest BCUT2D eigenvalue weighted by Gasteiger charge is -2.19. The minimum Gasteiger partial charge on any atom is -0.462 e. The summed E-state index contributed by atoms with van der Waals surface area (Å²) in [6, 6.07) is -0.268. The predicted octanol–water partition coefficient (Wildman–Crippen LogP) is -0.884. The summed E-state index contributed by atoms with van der Waals surface area (Å²) in [4.78, 5) is 25.3. The molecule has 0 bridgehead atoms. The molecule has 1 aliphatic rings. The van der Waals surface area contributed by atoms with Crippen LogP contribution in [0.25, 0.3) is 0 Å². The van der Waals surface area contributed by atoms with Gasteiger partial charge in [0.05, 0.1) is 26.0 Å². The summed E-state index contributed by atoms with van der Waals surface area (Å²) in [6.45, 7) is 2.30. The van der Waals surface area contributed by atoms with E-state index in [4.69, 9.17) is 15.6 Å². The first kappa shape index (κ1) is 14.5. The Morgan fingerprint density at radius 3 is 2.95 bits per heavy atom. The van der Waals surface area contributed by atoms with Crippen LogP contribution in [0.3, 0.4) is 0 Å². The fourth-order valence-corrected chi connectivity index (χ4v) is 2.21. The topological polar surface area (TPSA) is 111 Å². The third kappa shape index (κ3) is 2.66. The average Bonchev–Trinajstić information content (AvgIpc) is 2.93. The van der Waals surface area contributed by atoms with Crippen LogP contribution in [0.5, 0.6) is 0 Å². The van der Waals surface area contributed by atoms with Crippen LogP contribution in [0, 0.1) is 0 Å². The van der Waals surface area contributed by atoms with Gasteiger partial charge in [-0.3, -0.25) is 9.69 Å². The van der Waals surface area contributed by atoms with Gasteiger partial charge < -0.3 is 15.6 Å². The highest BCUT2D eigenvalue weighted by molar-refractivity contribution is 6.02. The van der Waals surface area contributed by atoms with E-state index in [2.05, 4.69) is 5.10 Å². The van der Waals surface area contributed by atoms with Gasteiger partial charge in [0.15, 0.2) is 0 Å². The highest BCUT2D eigenvalue weighted by atomic mass is 16.5. The quantitative estimate of drug-likeness (QED) is 0.678. The largest absolute Gasteiger partial charge is 0.462 e. The Hall–Kier alpha value is -1.93. The van der Waals surface area contributed by atoms with Gasteiger partial charge in [0.2, 0.25) is 5.91 Å². The van der Waals surface area contributed by atoms with Gasteiger partial charge >= 0.3 is 5.97 Å². The zero-order valence-electron chi connectivity index (χ0n) is 11.3. The maximum absolute atomic E-state index is 12.0. The second kappa shape index (κ2) is 6.02. The van der Waals surface area contributed by atoms with Gasteiger partial charge in [0, 0.05) is 19.0 Å². The summed E-state index contributed by atoms with van der Waals surface area (Å²) in [7, 11) is 0. The van der Waals surface area contributed by atoms with Gasteiger partial charge in [-0.25, -0.2) is 9.48 Å². The van der Waals surface area contributed by atoms with Crippen LogP contribution in [0.15, 0.2) is 6.20 Å². The van der Waals surface area contributed by atoms with Crippen LogP contribution in [0.4, 0.5) is 5.82 Å². The molecule has 20 heavy (non-hydrogen) atoms. The van der Waals surface area contributed by atoms with Crippen molar-refractivity contribution in [3.63, 3.8) is 0 Å². The molecule has 0 aromatic carbocycles. The molecule has 0 saturated carbocycles. The number of hydrogen-bond donors (Lipinski definition) is 2. The molecule has 0 radical (unpaired) electrons. The number of nitrogens with zero attached hydrogens (tertiary/aromatic N) is 3. The molecule has 1 unspecified atom stereocenters. The van der Waals surface area contributed by atoms with Gasteiger partial charge in [-0.05, 0) is 6.92 Å². The number of esters is 1. The summed E-state index contributed by atoms with van der Waals surface area (Å²) in [6.07, 6.45) is 1.58. The number of carbonyl (C=O) groups is 2. The van der Waals surface area contributed by atoms with Crippen LogP contribution in [0.2, 0.25) is 0 Å². The lowest BCUT2D eigenvalue weighted by molar-refractivity contribution is -0.117. The molecule has 0 spiro atoms. The Morgan fingerprint density at radius 1 is 1.65 bits per heavy atom. The zero-order valence-corrected chi connectivity index (χ0v) is 11.3. The SMILES string of the molecule is CCOC(=O)c1cnn(CCO)c1N1CC(N)CC1=O. The second-order valence-electron chi connectivity index (χ2n) is 4.52. The molecule has 0 aliphatic carbocycles. The molecular weight excluding hydrogens is 264 g/mol. The van der Waals surface area contributed by atoms with Crippen molar-refractivity contribution in [2.24, 2.45) is 5.73 Å². The van der Waals surface area contributed by atoms with E-state index < -0.39 is 5.97 Å². The molecule has 8 heteroatoms. The van der Waals surface area contributed by atoms with Gasteiger partial charge in [0.25, 0.3) is 0 Å². The van der Waals surface area contributed by atoms with E-state index in [-0.39, 0.29) is 43.7 Å². The summed E-state index contributed by atoms with van der Waals surface area (Å²) >= 11 is 0. The third-order valence-electron chi connectivity index (χ3n) is 3.03. The molecule has 1 aliphatic heterocycles. The molecule has 110 valence electrons. The molecule has 2 rings (SSSR count). The first-order valence-electron chi connectivity index (χ1n) is 6.48. The second-order valence-corrected chi connectivity index (χ2v) is 4.52. The first-order chi connectivity index (χ1) is 9.58. The average molecular weight is 282 g/mol. The number of ether oxygens (including phenoxy) is 1. The summed E-state index contributed by atoms with van der Waals surface area (Å²) in [5.74, 6) is -0.363. The molecule has 2 heterocycles. The monoisotopic (exact) mass is 282 g/mol. The smallest absolute Gasteiger partial charge is 0.343 e. The standard InChI is InChI=1S/C12H18N4O4/c1-2-20-12(19)9-6-14-16(3-4-17)11(9)15-7-8(13)5-10(15)18/h6,8,17H,2-5,7,13H2,1H3. The minimum absolute atomic E-state index is 0.148. The number of aliphatic hydroxyl groups is 1. The van der Waals surface area contributed by atoms with E-state index in [1.165, 1.54) is 15.8 Å². The van der Waals surface area contributed by atoms with E-state index in [1.54, 1.807) is 6.92 Å². The van der Waals surface area contributed by atoms with Gasteiger partial charge in [-0.1, -0.05) is 0 Å². The van der Waals surface area contributed by atoms with Crippen LogP contribution < -0.4 is 10.6 Å². The molecule has 1 aromatic heterocycles. The number of amides is 1. The molecule has 1 fully saturated rings. The number of aromatic nitrogens is 2. The van der Waals surface area contributed by atoms with Crippen molar-refractivity contribution in [2.45, 2.75) is 25.9 Å². The fraction of sp³-hybridized carbons (Fsp3) is 0.583. The molecular formula is C12H18N4O4. The van der Waals surface area contributed by atoms with Crippen molar-refractivity contribution in [1.82, 2.24) is 9.78 Å². The predicted molar refractivity (Wildman–Crippen MR) is 70.2 cm³/mol. The summed E-state index contributed by atoms with van der Waals surface area (Å²) in [5.41, 5.74) is 5.98. The van der Waals surface area contributed by atoms with E-state index in [1.807, 2.05) is 0 Å². The number of nitrogens with two attached hydrogens (primary N) is 1. The Kier molecular flexibility index (Phi) is 4.35. The van der Waals surface area contributed by atoms with Crippen molar-refractivity contribution in [3.8, 4) is 0 Å². The number of aliphatic hydroxyl groups excluding tert-OH is 1. The maximum Gasteiger partial charge on any atom is 0.343 e. The highest BCUT2D eigenvalue weighted by Gasteiger charge is 2.34. The van der Waals surface area contributed by atoms with Crippen molar-refractivity contribution >= 4 is 17.7 Å². The summed E-state index contributed by atoms with van der Waals surface area (Å²) < 4.78 is 6.38. The number of hydrogen-bond acceptors (Lipinski definition) is 6. The van der Waals surface area contributed by atoms with Crippen LogP contribution in [-0.2, 0) is 16.1 Å². The van der Waals surface area contributed by atoms with Crippen molar-refractivity contribution in [2.75, 3.05) is 24.7 Å². The maximum atomic E-state index is 12.0. The molecule has 1 aromatic rings. The first-order valence-corrected chi connectivity index (χ1v) is 6.48. The van der Waals surface area contributed by atoms with E-state index in [0.29, 0.717) is 12.4 Å². The molecule has 1 amide bonds. The van der Waals surface area contributed by atoms with Gasteiger partial charge in [0.1, 0.15) is 11.4 Å². The highest BCUT2D eigenvalue weighted by Crippen LogP contribution is 2.26. The van der Waals surface area contributed by atoms with Crippen LogP contribution in [-0.4, -0.2) is 52.6 Å².